The first-order valence-corrected chi connectivity index (χ1v) is 7.84. The summed E-state index contributed by atoms with van der Waals surface area (Å²) in [7, 11) is 0. The van der Waals surface area contributed by atoms with Crippen LogP contribution in [0.15, 0.2) is 22.7 Å². The third-order valence-corrected chi connectivity index (χ3v) is 4.24. The minimum absolute atomic E-state index is 0.729. The first-order valence-electron chi connectivity index (χ1n) is 6.67. The van der Waals surface area contributed by atoms with Crippen LogP contribution in [0.5, 0.6) is 5.75 Å². The molecule has 1 aromatic carbocycles. The molecule has 0 aromatic heterocycles. The van der Waals surface area contributed by atoms with Crippen molar-refractivity contribution in [3.05, 3.63) is 27.7 Å². The van der Waals surface area contributed by atoms with Gasteiger partial charge in [-0.05, 0) is 53.4 Å². The monoisotopic (exact) mass is 332 g/mol. The molecule has 18 heavy (non-hydrogen) atoms. The third-order valence-electron chi connectivity index (χ3n) is 3.39. The number of benzene rings is 1. The maximum Gasteiger partial charge on any atom is 0.133 e. The van der Waals surface area contributed by atoms with Crippen LogP contribution in [-0.4, -0.2) is 26.2 Å². The number of nitrogens with one attached hydrogen (secondary N) is 1. The largest absolute Gasteiger partial charge is 0.492 e. The highest BCUT2D eigenvalue weighted by molar-refractivity contribution is 9.10. The quantitative estimate of drug-likeness (QED) is 0.818. The van der Waals surface area contributed by atoms with E-state index in [-0.39, 0.29) is 0 Å². The highest BCUT2D eigenvalue weighted by Gasteiger charge is 2.12. The van der Waals surface area contributed by atoms with E-state index in [1.165, 1.54) is 38.9 Å². The van der Waals surface area contributed by atoms with E-state index in [1.807, 2.05) is 18.2 Å². The molecular formula is C14H20BrClNO+. The summed E-state index contributed by atoms with van der Waals surface area (Å²) in [6.07, 6.45) is 5.31. The van der Waals surface area contributed by atoms with Crippen LogP contribution in [-0.2, 0) is 0 Å². The zero-order valence-corrected chi connectivity index (χ0v) is 12.9. The molecule has 1 aromatic rings. The van der Waals surface area contributed by atoms with Crippen LogP contribution in [0.1, 0.15) is 25.7 Å². The number of ether oxygens (including phenoxy) is 1. The zero-order valence-electron chi connectivity index (χ0n) is 10.6. The first-order chi connectivity index (χ1) is 8.75. The molecule has 1 N–H and O–H groups in total. The van der Waals surface area contributed by atoms with Gasteiger partial charge in [-0.1, -0.05) is 11.6 Å². The molecule has 1 aliphatic heterocycles. The maximum absolute atomic E-state index is 5.89. The topological polar surface area (TPSA) is 13.7 Å². The smallest absolute Gasteiger partial charge is 0.133 e. The lowest BCUT2D eigenvalue weighted by Crippen LogP contribution is -3.12. The van der Waals surface area contributed by atoms with Crippen molar-refractivity contribution < 1.29 is 9.64 Å². The van der Waals surface area contributed by atoms with Crippen molar-refractivity contribution in [2.45, 2.75) is 25.7 Å². The Balaban J connectivity index is 1.68. The third kappa shape index (κ3) is 4.45. The van der Waals surface area contributed by atoms with Gasteiger partial charge in [0, 0.05) is 11.4 Å². The second-order valence-electron chi connectivity index (χ2n) is 4.84. The molecule has 1 aliphatic rings. The van der Waals surface area contributed by atoms with Crippen LogP contribution in [0.25, 0.3) is 0 Å². The number of quaternary nitrogens is 1. The van der Waals surface area contributed by atoms with E-state index in [0.29, 0.717) is 0 Å². The van der Waals surface area contributed by atoms with Crippen LogP contribution in [0.4, 0.5) is 0 Å². The molecule has 0 amide bonds. The van der Waals surface area contributed by atoms with Gasteiger partial charge < -0.3 is 9.64 Å². The van der Waals surface area contributed by atoms with Crippen molar-refractivity contribution in [3.63, 3.8) is 0 Å². The summed E-state index contributed by atoms with van der Waals surface area (Å²) in [5, 5.41) is 0.729. The Kier molecular flexibility index (Phi) is 5.80. The minimum atomic E-state index is 0.729. The highest BCUT2D eigenvalue weighted by Crippen LogP contribution is 2.27. The number of piperidine rings is 1. The van der Waals surface area contributed by atoms with Crippen molar-refractivity contribution in [3.8, 4) is 5.75 Å². The summed E-state index contributed by atoms with van der Waals surface area (Å²) >= 11 is 9.35. The van der Waals surface area contributed by atoms with Crippen LogP contribution >= 0.6 is 27.5 Å². The fourth-order valence-corrected chi connectivity index (χ4v) is 3.20. The Bertz CT molecular complexity index is 380. The molecule has 100 valence electrons. The molecule has 0 bridgehead atoms. The van der Waals surface area contributed by atoms with Gasteiger partial charge in [-0.15, -0.1) is 0 Å². The van der Waals surface area contributed by atoms with Crippen LogP contribution in [0, 0.1) is 0 Å². The van der Waals surface area contributed by atoms with E-state index in [4.69, 9.17) is 16.3 Å². The van der Waals surface area contributed by atoms with Gasteiger partial charge in [0.2, 0.25) is 0 Å². The van der Waals surface area contributed by atoms with Gasteiger partial charge in [0.05, 0.1) is 30.7 Å². The van der Waals surface area contributed by atoms with Gasteiger partial charge in [0.1, 0.15) is 5.75 Å². The molecule has 4 heteroatoms. The summed E-state index contributed by atoms with van der Waals surface area (Å²) < 4.78 is 6.69. The predicted molar refractivity (Wildman–Crippen MR) is 78.7 cm³/mol. The number of likely N-dealkylation sites (tertiary alicyclic amines) is 1. The standard InChI is InChI=1S/C14H19BrClNO/c15-13-11-12(16)5-6-14(13)18-10-4-9-17-7-2-1-3-8-17/h5-6,11H,1-4,7-10H2/p+1. The molecular weight excluding hydrogens is 314 g/mol. The van der Waals surface area contributed by atoms with E-state index in [1.54, 1.807) is 4.90 Å². The van der Waals surface area contributed by atoms with Gasteiger partial charge >= 0.3 is 0 Å². The fraction of sp³-hybridized carbons (Fsp3) is 0.571. The highest BCUT2D eigenvalue weighted by atomic mass is 79.9. The SMILES string of the molecule is Clc1ccc(OCCC[NH+]2CCCCC2)c(Br)c1. The molecule has 0 saturated carbocycles. The van der Waals surface area contributed by atoms with Gasteiger partial charge in [0.15, 0.2) is 0 Å². The summed E-state index contributed by atoms with van der Waals surface area (Å²) in [5.41, 5.74) is 0. The Morgan fingerprint density at radius 3 is 2.72 bits per heavy atom. The van der Waals surface area contributed by atoms with Crippen LogP contribution in [0.3, 0.4) is 0 Å². The molecule has 2 rings (SSSR count). The number of hydrogen-bond acceptors (Lipinski definition) is 1. The fourth-order valence-electron chi connectivity index (χ4n) is 2.40. The van der Waals surface area contributed by atoms with Crippen LogP contribution in [0.2, 0.25) is 5.02 Å². The molecule has 0 unspecified atom stereocenters. The second-order valence-corrected chi connectivity index (χ2v) is 6.13. The number of hydrogen-bond donors (Lipinski definition) is 1. The van der Waals surface area contributed by atoms with Crippen molar-refractivity contribution in [2.75, 3.05) is 26.2 Å². The zero-order chi connectivity index (χ0) is 12.8. The summed E-state index contributed by atoms with van der Waals surface area (Å²) in [6.45, 7) is 4.68. The average Bonchev–Trinajstić information content (AvgIpc) is 2.38. The number of rotatable bonds is 5. The molecule has 0 aliphatic carbocycles. The van der Waals surface area contributed by atoms with Crippen molar-refractivity contribution in [1.29, 1.82) is 0 Å². The van der Waals surface area contributed by atoms with Gasteiger partial charge in [0.25, 0.3) is 0 Å². The minimum Gasteiger partial charge on any atom is -0.492 e. The van der Waals surface area contributed by atoms with E-state index < -0.39 is 0 Å². The summed E-state index contributed by atoms with van der Waals surface area (Å²) in [4.78, 5) is 1.74. The lowest BCUT2D eigenvalue weighted by atomic mass is 10.1. The van der Waals surface area contributed by atoms with Crippen molar-refractivity contribution in [1.82, 2.24) is 0 Å². The van der Waals surface area contributed by atoms with Crippen LogP contribution < -0.4 is 9.64 Å². The van der Waals surface area contributed by atoms with Gasteiger partial charge in [-0.25, -0.2) is 0 Å². The number of halogens is 2. The Morgan fingerprint density at radius 2 is 2.00 bits per heavy atom. The van der Waals surface area contributed by atoms with E-state index in [2.05, 4.69) is 15.9 Å². The molecule has 1 fully saturated rings. The molecule has 2 nitrogen and oxygen atoms in total. The molecule has 1 saturated heterocycles. The average molecular weight is 334 g/mol. The molecule has 0 radical (unpaired) electrons. The van der Waals surface area contributed by atoms with E-state index in [9.17, 15) is 0 Å². The Morgan fingerprint density at radius 1 is 1.22 bits per heavy atom. The summed E-state index contributed by atoms with van der Waals surface area (Å²) in [5.74, 6) is 0.882. The normalized spacial score (nSPS) is 16.8. The van der Waals surface area contributed by atoms with Crippen molar-refractivity contribution >= 4 is 27.5 Å². The van der Waals surface area contributed by atoms with E-state index in [0.717, 1.165) is 28.3 Å². The first kappa shape index (κ1) is 14.2. The van der Waals surface area contributed by atoms with Gasteiger partial charge in [-0.2, -0.15) is 0 Å². The van der Waals surface area contributed by atoms with Crippen molar-refractivity contribution in [2.24, 2.45) is 0 Å². The maximum atomic E-state index is 5.89. The Hall–Kier alpha value is -0.250. The van der Waals surface area contributed by atoms with Gasteiger partial charge in [-0.3, -0.25) is 0 Å². The molecule has 0 spiro atoms. The molecule has 0 atom stereocenters. The van der Waals surface area contributed by atoms with E-state index >= 15 is 0 Å². The Labute approximate surface area is 122 Å². The summed E-state index contributed by atoms with van der Waals surface area (Å²) in [6, 6.07) is 5.64. The second kappa shape index (κ2) is 7.37. The predicted octanol–water partition coefficient (Wildman–Crippen LogP) is 2.94. The lowest BCUT2D eigenvalue weighted by molar-refractivity contribution is -0.905. The lowest BCUT2D eigenvalue weighted by Gasteiger charge is -2.23. The molecule has 1 heterocycles.